The average Bonchev–Trinajstić information content (AvgIpc) is 3.03. The maximum absolute atomic E-state index is 6.26. The molecule has 22 heavy (non-hydrogen) atoms. The fourth-order valence-corrected chi connectivity index (χ4v) is 15.7. The average molecular weight is 522 g/mol. The van der Waals surface area contributed by atoms with Gasteiger partial charge in [-0.1, -0.05) is 94.1 Å². The minimum atomic E-state index is -0.0711. The molecule has 4 heterocycles. The maximum atomic E-state index is 6.26. The molecule has 0 aromatic carbocycles. The van der Waals surface area contributed by atoms with Crippen molar-refractivity contribution in [1.82, 2.24) is 0 Å². The van der Waals surface area contributed by atoms with Gasteiger partial charge in [0.05, 0.1) is 25.4 Å². The number of hydrogen-bond acceptors (Lipinski definition) is 8. The first-order chi connectivity index (χ1) is 10.5. The van der Waals surface area contributed by atoms with Crippen molar-refractivity contribution in [2.24, 2.45) is 0 Å². The van der Waals surface area contributed by atoms with Gasteiger partial charge in [-0.15, -0.1) is 46.4 Å². The third-order valence-electron chi connectivity index (χ3n) is 2.53. The second-order valence-electron chi connectivity index (χ2n) is 4.01. The van der Waals surface area contributed by atoms with E-state index in [1.54, 1.807) is 47.0 Å². The highest BCUT2D eigenvalue weighted by Gasteiger charge is 2.39. The Morgan fingerprint density at radius 3 is 0.864 bits per heavy atom. The molecule has 0 aromatic heterocycles. The van der Waals surface area contributed by atoms with Gasteiger partial charge < -0.3 is 0 Å². The zero-order valence-corrected chi connectivity index (χ0v) is 19.6. The normalized spacial score (nSPS) is 38.7. The molecule has 0 amide bonds. The van der Waals surface area contributed by atoms with Crippen molar-refractivity contribution < 1.29 is 0 Å². The van der Waals surface area contributed by atoms with Gasteiger partial charge in [0.25, 0.3) is 0 Å². The van der Waals surface area contributed by atoms with Gasteiger partial charge >= 0.3 is 0 Å². The second-order valence-corrected chi connectivity index (χ2v) is 17.2. The molecule has 0 nitrogen and oxygen atoms in total. The van der Waals surface area contributed by atoms with Crippen LogP contribution in [-0.4, -0.2) is 18.8 Å². The van der Waals surface area contributed by atoms with Crippen molar-refractivity contribution in [3.63, 3.8) is 0 Å². The lowest BCUT2D eigenvalue weighted by atomic mass is 10.9. The molecular formula is C10H4Cl4S8. The number of halogens is 4. The van der Waals surface area contributed by atoms with E-state index >= 15 is 0 Å². The molecule has 0 saturated heterocycles. The van der Waals surface area contributed by atoms with Crippen LogP contribution in [0.1, 0.15) is 0 Å². The summed E-state index contributed by atoms with van der Waals surface area (Å²) in [5.74, 6) is 0. The molecule has 0 fully saturated rings. The summed E-state index contributed by atoms with van der Waals surface area (Å²) in [6.45, 7) is 0. The van der Waals surface area contributed by atoms with Gasteiger partial charge in [0.15, 0.2) is 0 Å². The Balaban J connectivity index is 1.50. The number of thioether (sulfide) groups is 8. The standard InChI is InChI=1S/C10H4Cl4S8/c11-1-2(12)16-6-5(15-1)19-9(20-6)10-21-7-8(22-10)18-4(14)3(13)17-7/h1-4H. The van der Waals surface area contributed by atoms with E-state index in [0.29, 0.717) is 0 Å². The van der Waals surface area contributed by atoms with E-state index in [2.05, 4.69) is 0 Å². The van der Waals surface area contributed by atoms with Gasteiger partial charge in [-0.05, 0) is 0 Å². The molecule has 0 saturated carbocycles. The molecule has 0 spiro atoms. The second kappa shape index (κ2) is 7.66. The van der Waals surface area contributed by atoms with Crippen LogP contribution in [0.15, 0.2) is 25.4 Å². The summed E-state index contributed by atoms with van der Waals surface area (Å²) in [7, 11) is 0. The van der Waals surface area contributed by atoms with Crippen molar-refractivity contribution in [1.29, 1.82) is 0 Å². The van der Waals surface area contributed by atoms with E-state index in [9.17, 15) is 0 Å². The first-order valence-corrected chi connectivity index (χ1v) is 14.2. The summed E-state index contributed by atoms with van der Waals surface area (Å²) in [6.07, 6.45) is 0. The van der Waals surface area contributed by atoms with E-state index in [-0.39, 0.29) is 18.8 Å². The number of rotatable bonds is 0. The summed E-state index contributed by atoms with van der Waals surface area (Å²) in [5, 5.41) is 0. The monoisotopic (exact) mass is 520 g/mol. The van der Waals surface area contributed by atoms with Gasteiger partial charge in [0.2, 0.25) is 0 Å². The first-order valence-electron chi connectivity index (χ1n) is 5.68. The predicted molar refractivity (Wildman–Crippen MR) is 120 cm³/mol. The summed E-state index contributed by atoms with van der Waals surface area (Å²) in [5.41, 5.74) is 0. The minimum Gasteiger partial charge on any atom is -0.108 e. The van der Waals surface area contributed by atoms with E-state index in [1.807, 2.05) is 47.0 Å². The van der Waals surface area contributed by atoms with E-state index in [4.69, 9.17) is 46.4 Å². The number of hydrogen-bond donors (Lipinski definition) is 0. The van der Waals surface area contributed by atoms with Gasteiger partial charge in [-0.2, -0.15) is 0 Å². The molecule has 0 radical (unpaired) electrons. The van der Waals surface area contributed by atoms with Crippen LogP contribution >= 0.6 is 140 Å². The quantitative estimate of drug-likeness (QED) is 0.287. The van der Waals surface area contributed by atoms with Crippen LogP contribution in [0, 0.1) is 0 Å². The lowest BCUT2D eigenvalue weighted by molar-refractivity contribution is 1.33. The topological polar surface area (TPSA) is 0 Å². The molecule has 4 atom stereocenters. The third kappa shape index (κ3) is 3.75. The smallest absolute Gasteiger partial charge is 0.108 e. The van der Waals surface area contributed by atoms with Crippen LogP contribution in [0.2, 0.25) is 0 Å². The summed E-state index contributed by atoms with van der Waals surface area (Å²) in [4.78, 5) is 0. The minimum absolute atomic E-state index is 0.0711. The zero-order chi connectivity index (χ0) is 15.4. The summed E-state index contributed by atoms with van der Waals surface area (Å²) < 4.78 is 7.49. The van der Waals surface area contributed by atoms with Crippen LogP contribution < -0.4 is 0 Å². The van der Waals surface area contributed by atoms with Crippen molar-refractivity contribution in [3.05, 3.63) is 25.4 Å². The first kappa shape index (κ1) is 18.5. The highest BCUT2D eigenvalue weighted by Crippen LogP contribution is 2.70. The van der Waals surface area contributed by atoms with Crippen LogP contribution in [0.5, 0.6) is 0 Å². The van der Waals surface area contributed by atoms with Crippen LogP contribution in [0.25, 0.3) is 0 Å². The van der Waals surface area contributed by atoms with E-state index in [0.717, 1.165) is 0 Å². The molecular weight excluding hydrogens is 518 g/mol. The molecule has 4 unspecified atom stereocenters. The molecule has 4 aliphatic heterocycles. The zero-order valence-electron chi connectivity index (χ0n) is 10.1. The van der Waals surface area contributed by atoms with Crippen molar-refractivity contribution in [2.45, 2.75) is 18.8 Å². The Morgan fingerprint density at radius 2 is 0.636 bits per heavy atom. The molecule has 4 aliphatic rings. The Morgan fingerprint density at radius 1 is 0.409 bits per heavy atom. The summed E-state index contributed by atoms with van der Waals surface area (Å²) in [6, 6.07) is 0. The lowest BCUT2D eigenvalue weighted by Crippen LogP contribution is -2.09. The van der Waals surface area contributed by atoms with Gasteiger partial charge in [0, 0.05) is 0 Å². The van der Waals surface area contributed by atoms with Crippen molar-refractivity contribution >= 4 is 140 Å². The fourth-order valence-electron chi connectivity index (χ4n) is 1.62. The summed E-state index contributed by atoms with van der Waals surface area (Å²) >= 11 is 39.0. The molecule has 0 aromatic rings. The molecule has 0 N–H and O–H groups in total. The van der Waals surface area contributed by atoms with Crippen LogP contribution in [0.4, 0.5) is 0 Å². The highest BCUT2D eigenvalue weighted by molar-refractivity contribution is 8.46. The largest absolute Gasteiger partial charge is 0.110 e. The molecule has 12 heteroatoms. The number of alkyl halides is 4. The van der Waals surface area contributed by atoms with Crippen molar-refractivity contribution in [3.8, 4) is 0 Å². The van der Waals surface area contributed by atoms with Gasteiger partial charge in [0.1, 0.15) is 18.8 Å². The Labute approximate surface area is 182 Å². The van der Waals surface area contributed by atoms with Gasteiger partial charge in [-0.25, -0.2) is 0 Å². The molecule has 0 bridgehead atoms. The van der Waals surface area contributed by atoms with Gasteiger partial charge in [-0.3, -0.25) is 0 Å². The fraction of sp³-hybridized carbons (Fsp3) is 0.400. The van der Waals surface area contributed by atoms with E-state index < -0.39 is 0 Å². The Kier molecular flexibility index (Phi) is 6.46. The van der Waals surface area contributed by atoms with E-state index in [1.165, 1.54) is 25.4 Å². The molecule has 4 rings (SSSR count). The predicted octanol–water partition coefficient (Wildman–Crippen LogP) is 8.55. The maximum Gasteiger partial charge on any atom is 0.110 e. The Bertz CT molecular complexity index is 516. The molecule has 120 valence electrons. The lowest BCUT2D eigenvalue weighted by Gasteiger charge is -2.20. The van der Waals surface area contributed by atoms with Crippen LogP contribution in [0.3, 0.4) is 0 Å². The highest BCUT2D eigenvalue weighted by atomic mass is 35.5. The van der Waals surface area contributed by atoms with Crippen LogP contribution in [-0.2, 0) is 0 Å². The SMILES string of the molecule is ClC1SC2=C(SC(=C3SC4=C(S3)SC(Cl)C(Cl)S4)S2)SC1Cl. The molecule has 0 aliphatic carbocycles. The third-order valence-corrected chi connectivity index (χ3v) is 17.3. The van der Waals surface area contributed by atoms with Crippen molar-refractivity contribution in [2.75, 3.05) is 0 Å². The Hall–Kier alpha value is 3.18.